The van der Waals surface area contributed by atoms with Crippen molar-refractivity contribution < 1.29 is 38.6 Å². The molecule has 0 spiro atoms. The van der Waals surface area contributed by atoms with Crippen LogP contribution in [0.4, 0.5) is 10.5 Å². The van der Waals surface area contributed by atoms with Gasteiger partial charge in [-0.2, -0.15) is 5.10 Å². The molecule has 39 heavy (non-hydrogen) atoms. The van der Waals surface area contributed by atoms with E-state index in [-0.39, 0.29) is 45.2 Å². The largest absolute Gasteiger partial charge is 0.506 e. The van der Waals surface area contributed by atoms with Gasteiger partial charge in [-0.05, 0) is 47.5 Å². The van der Waals surface area contributed by atoms with Gasteiger partial charge in [0, 0.05) is 23.4 Å². The summed E-state index contributed by atoms with van der Waals surface area (Å²) < 4.78 is 16.1. The number of methoxy groups -OCH3 is 1. The normalized spacial score (nSPS) is 14.9. The average molecular weight is 606 g/mol. The van der Waals surface area contributed by atoms with Crippen molar-refractivity contribution in [3.63, 3.8) is 0 Å². The van der Waals surface area contributed by atoms with Gasteiger partial charge in [0.15, 0.2) is 18.1 Å². The highest BCUT2D eigenvalue weighted by molar-refractivity contribution is 9.10. The number of hydrogen-bond acceptors (Lipinski definition) is 10. The number of hydrazone groups is 1. The van der Waals surface area contributed by atoms with Gasteiger partial charge in [-0.3, -0.25) is 14.9 Å². The van der Waals surface area contributed by atoms with Crippen molar-refractivity contribution in [2.75, 3.05) is 20.3 Å². The summed E-state index contributed by atoms with van der Waals surface area (Å²) in [4.78, 5) is 47.2. The number of nitro benzene ring substituents is 1. The second kappa shape index (κ2) is 12.7. The number of urea groups is 1. The summed E-state index contributed by atoms with van der Waals surface area (Å²) in [6, 6.07) is 5.57. The Morgan fingerprint density at radius 1 is 1.28 bits per heavy atom. The number of nitrogens with one attached hydrogen (secondary N) is 3. The molecule has 0 aromatic heterocycles. The summed E-state index contributed by atoms with van der Waals surface area (Å²) in [6.07, 6.45) is 1.05. The average Bonchev–Trinajstić information content (AvgIpc) is 2.89. The number of benzene rings is 2. The number of nitro groups is 1. The molecule has 0 bridgehead atoms. The van der Waals surface area contributed by atoms with Crippen LogP contribution >= 0.6 is 15.9 Å². The minimum atomic E-state index is -0.816. The van der Waals surface area contributed by atoms with Crippen LogP contribution < -0.4 is 25.5 Å². The summed E-state index contributed by atoms with van der Waals surface area (Å²) in [5.74, 6) is -1.13. The van der Waals surface area contributed by atoms with Gasteiger partial charge in [-0.15, -0.1) is 0 Å². The molecule has 2 aromatic rings. The minimum absolute atomic E-state index is 0.00558. The maximum absolute atomic E-state index is 12.5. The van der Waals surface area contributed by atoms with E-state index >= 15 is 0 Å². The number of phenolic OH excluding ortho intramolecular Hbond substituents is 1. The van der Waals surface area contributed by atoms with Gasteiger partial charge in [0.25, 0.3) is 11.6 Å². The minimum Gasteiger partial charge on any atom is -0.506 e. The molecule has 0 unspecified atom stereocenters. The lowest BCUT2D eigenvalue weighted by atomic mass is 9.95. The molecule has 1 aliphatic heterocycles. The van der Waals surface area contributed by atoms with Gasteiger partial charge in [0.05, 0.1) is 40.9 Å². The summed E-state index contributed by atoms with van der Waals surface area (Å²) in [5.41, 5.74) is 3.00. The van der Waals surface area contributed by atoms with Crippen molar-refractivity contribution in [2.24, 2.45) is 5.10 Å². The molecule has 0 saturated heterocycles. The van der Waals surface area contributed by atoms with Crippen molar-refractivity contribution >= 4 is 45.7 Å². The standard InChI is InChI=1S/C24H24BrN5O9/c1-4-38-23(33)20-12(2)27-24(34)28-21(20)13-5-6-17(18(8-13)37-3)39-11-19(31)29-26-10-14-7-15(30(35)36)9-16(25)22(14)32/h5-10,21,32H,4,11H2,1-3H3,(H,29,31)(H2,27,28,34)/b26-10+/t21-/m1/s1. The maximum Gasteiger partial charge on any atom is 0.338 e. The van der Waals surface area contributed by atoms with Crippen LogP contribution in [0.3, 0.4) is 0 Å². The number of phenols is 1. The number of nitrogens with zero attached hydrogens (tertiary/aromatic N) is 2. The Balaban J connectivity index is 1.70. The molecular weight excluding hydrogens is 582 g/mol. The number of non-ortho nitro benzene ring substituents is 1. The Kier molecular flexibility index (Phi) is 9.43. The van der Waals surface area contributed by atoms with Gasteiger partial charge < -0.3 is 30.0 Å². The van der Waals surface area contributed by atoms with Gasteiger partial charge >= 0.3 is 12.0 Å². The highest BCUT2D eigenvalue weighted by Gasteiger charge is 2.32. The molecule has 0 saturated carbocycles. The number of halogens is 1. The molecule has 1 atom stereocenters. The van der Waals surface area contributed by atoms with Crippen molar-refractivity contribution in [1.82, 2.24) is 16.1 Å². The first-order valence-electron chi connectivity index (χ1n) is 11.3. The Bertz CT molecular complexity index is 1380. The fraction of sp³-hybridized carbons (Fsp3) is 0.250. The SMILES string of the molecule is CCOC(=O)C1=C(C)NC(=O)N[C@@H]1c1ccc(OCC(=O)N/N=C/c2cc([N+](=O)[O-])cc(Br)c2O)c(OC)c1. The molecule has 0 fully saturated rings. The van der Waals surface area contributed by atoms with Crippen LogP contribution in [0.2, 0.25) is 0 Å². The molecule has 1 aliphatic rings. The number of esters is 1. The number of aromatic hydroxyl groups is 1. The van der Waals surface area contributed by atoms with E-state index in [0.717, 1.165) is 18.3 Å². The Morgan fingerprint density at radius 3 is 2.69 bits per heavy atom. The molecule has 206 valence electrons. The first kappa shape index (κ1) is 28.9. The van der Waals surface area contributed by atoms with E-state index in [1.165, 1.54) is 13.2 Å². The van der Waals surface area contributed by atoms with E-state index in [2.05, 4.69) is 37.1 Å². The number of amides is 3. The van der Waals surface area contributed by atoms with Gasteiger partial charge in [0.2, 0.25) is 0 Å². The number of carbonyl (C=O) groups excluding carboxylic acids is 3. The van der Waals surface area contributed by atoms with Crippen LogP contribution in [0.1, 0.15) is 31.0 Å². The number of carbonyl (C=O) groups is 3. The zero-order chi connectivity index (χ0) is 28.7. The molecule has 4 N–H and O–H groups in total. The number of ether oxygens (including phenoxy) is 3. The van der Waals surface area contributed by atoms with E-state index in [9.17, 15) is 29.6 Å². The molecule has 0 radical (unpaired) electrons. The van der Waals surface area contributed by atoms with Crippen LogP contribution in [-0.2, 0) is 14.3 Å². The molecule has 0 aliphatic carbocycles. The second-order valence-electron chi connectivity index (χ2n) is 7.91. The molecule has 2 aromatic carbocycles. The third-order valence-corrected chi connectivity index (χ3v) is 5.93. The van der Waals surface area contributed by atoms with Gasteiger partial charge in [-0.25, -0.2) is 15.0 Å². The third-order valence-electron chi connectivity index (χ3n) is 5.33. The summed E-state index contributed by atoms with van der Waals surface area (Å²) >= 11 is 3.02. The highest BCUT2D eigenvalue weighted by atomic mass is 79.9. The monoisotopic (exact) mass is 605 g/mol. The molecule has 1 heterocycles. The maximum atomic E-state index is 12.5. The Labute approximate surface area is 230 Å². The van der Waals surface area contributed by atoms with Crippen LogP contribution in [0, 0.1) is 10.1 Å². The Morgan fingerprint density at radius 2 is 2.03 bits per heavy atom. The van der Waals surface area contributed by atoms with Crippen molar-refractivity contribution in [3.05, 3.63) is 67.3 Å². The van der Waals surface area contributed by atoms with Crippen LogP contribution in [0.5, 0.6) is 17.2 Å². The lowest BCUT2D eigenvalue weighted by molar-refractivity contribution is -0.385. The predicted octanol–water partition coefficient (Wildman–Crippen LogP) is 2.79. The lowest BCUT2D eigenvalue weighted by Crippen LogP contribution is -2.45. The van der Waals surface area contributed by atoms with E-state index < -0.39 is 35.5 Å². The van der Waals surface area contributed by atoms with Crippen molar-refractivity contribution in [2.45, 2.75) is 19.9 Å². The van der Waals surface area contributed by atoms with Gasteiger partial charge in [0.1, 0.15) is 5.75 Å². The second-order valence-corrected chi connectivity index (χ2v) is 8.76. The number of rotatable bonds is 10. The molecule has 15 heteroatoms. The van der Waals surface area contributed by atoms with Crippen LogP contribution in [-0.4, -0.2) is 54.5 Å². The molecule has 3 rings (SSSR count). The van der Waals surface area contributed by atoms with E-state index in [1.54, 1.807) is 26.0 Å². The highest BCUT2D eigenvalue weighted by Crippen LogP contribution is 2.35. The van der Waals surface area contributed by atoms with Crippen molar-refractivity contribution in [1.29, 1.82) is 0 Å². The molecule has 14 nitrogen and oxygen atoms in total. The first-order chi connectivity index (χ1) is 18.5. The van der Waals surface area contributed by atoms with Crippen molar-refractivity contribution in [3.8, 4) is 17.2 Å². The first-order valence-corrected chi connectivity index (χ1v) is 12.1. The molecule has 3 amide bonds. The predicted molar refractivity (Wildman–Crippen MR) is 140 cm³/mol. The lowest BCUT2D eigenvalue weighted by Gasteiger charge is -2.28. The smallest absolute Gasteiger partial charge is 0.338 e. The van der Waals surface area contributed by atoms with Crippen LogP contribution in [0.15, 0.2) is 51.2 Å². The summed E-state index contributed by atoms with van der Waals surface area (Å²) in [6.45, 7) is 2.94. The molecular formula is C24H24BrN5O9. The van der Waals surface area contributed by atoms with E-state index in [4.69, 9.17) is 14.2 Å². The zero-order valence-electron chi connectivity index (χ0n) is 20.9. The summed E-state index contributed by atoms with van der Waals surface area (Å²) in [5, 5.41) is 30.0. The van der Waals surface area contributed by atoms with E-state index in [0.29, 0.717) is 11.3 Å². The quantitative estimate of drug-likeness (QED) is 0.136. The van der Waals surface area contributed by atoms with Crippen LogP contribution in [0.25, 0.3) is 0 Å². The fourth-order valence-electron chi connectivity index (χ4n) is 3.56. The summed E-state index contributed by atoms with van der Waals surface area (Å²) in [7, 11) is 1.38. The fourth-order valence-corrected chi connectivity index (χ4v) is 4.03. The third kappa shape index (κ3) is 7.01. The van der Waals surface area contributed by atoms with E-state index in [1.807, 2.05) is 0 Å². The zero-order valence-corrected chi connectivity index (χ0v) is 22.5. The van der Waals surface area contributed by atoms with Gasteiger partial charge in [-0.1, -0.05) is 6.07 Å². The number of hydrogen-bond donors (Lipinski definition) is 4. The number of allylic oxidation sites excluding steroid dienone is 1. The topological polar surface area (TPSA) is 191 Å². The Hall–Kier alpha value is -4.66.